The lowest BCUT2D eigenvalue weighted by Crippen LogP contribution is -2.43. The number of rotatable bonds is 8. The first kappa shape index (κ1) is 24.5. The first-order valence-corrected chi connectivity index (χ1v) is 13.1. The Bertz CT molecular complexity index is 1520. The highest BCUT2D eigenvalue weighted by Crippen LogP contribution is 2.44. The van der Waals surface area contributed by atoms with Crippen LogP contribution in [0.1, 0.15) is 33.5 Å². The first-order chi connectivity index (χ1) is 19.2. The topological polar surface area (TPSA) is 50.9 Å². The van der Waals surface area contributed by atoms with Gasteiger partial charge < -0.3 is 9.67 Å². The molecule has 4 aromatic carbocycles. The van der Waals surface area contributed by atoms with Crippen molar-refractivity contribution < 1.29 is 5.11 Å². The maximum atomic E-state index is 12.8. The van der Waals surface area contributed by atoms with Crippen molar-refractivity contribution in [1.82, 2.24) is 14.5 Å². The Balaban J connectivity index is 1.69. The largest absolute Gasteiger partial charge is 0.378 e. The van der Waals surface area contributed by atoms with Crippen molar-refractivity contribution in [3.8, 4) is 0 Å². The van der Waals surface area contributed by atoms with Gasteiger partial charge in [0.05, 0.1) is 18.2 Å². The van der Waals surface area contributed by atoms with Gasteiger partial charge in [0, 0.05) is 18.8 Å². The van der Waals surface area contributed by atoms with Crippen molar-refractivity contribution in [1.29, 1.82) is 0 Å². The molecule has 6 aromatic rings. The molecule has 190 valence electrons. The van der Waals surface area contributed by atoms with Gasteiger partial charge >= 0.3 is 0 Å². The van der Waals surface area contributed by atoms with Crippen molar-refractivity contribution in [2.75, 3.05) is 0 Å². The molecule has 0 aliphatic heterocycles. The number of hydrogen-bond donors (Lipinski definition) is 1. The van der Waals surface area contributed by atoms with Crippen molar-refractivity contribution in [2.45, 2.75) is 17.6 Å². The number of nitrogens with zero attached hydrogens (tertiary/aromatic N) is 3. The van der Waals surface area contributed by atoms with Crippen molar-refractivity contribution in [3.05, 3.63) is 192 Å². The van der Waals surface area contributed by atoms with Crippen molar-refractivity contribution in [3.63, 3.8) is 0 Å². The summed E-state index contributed by atoms with van der Waals surface area (Å²) in [7, 11) is 0. The fourth-order valence-corrected chi connectivity index (χ4v) is 5.68. The third-order valence-electron chi connectivity index (χ3n) is 7.46. The van der Waals surface area contributed by atoms with E-state index in [2.05, 4.69) is 87.3 Å². The number of imidazole rings is 1. The quantitative estimate of drug-likeness (QED) is 0.236. The maximum absolute atomic E-state index is 12.8. The van der Waals surface area contributed by atoms with Gasteiger partial charge in [-0.3, -0.25) is 4.98 Å². The summed E-state index contributed by atoms with van der Waals surface area (Å²) in [6, 6.07) is 45.2. The number of hydrogen-bond acceptors (Lipinski definition) is 3. The molecule has 1 unspecified atom stereocenters. The predicted octanol–water partition coefficient (Wildman–Crippen LogP) is 6.60. The molecular formula is C35H29N3O. The summed E-state index contributed by atoms with van der Waals surface area (Å²) in [5.74, 6) is 0. The molecule has 1 atom stereocenters. The van der Waals surface area contributed by atoms with Gasteiger partial charge in [-0.2, -0.15) is 0 Å². The van der Waals surface area contributed by atoms with Crippen LogP contribution in [-0.4, -0.2) is 19.6 Å². The molecule has 4 heteroatoms. The molecule has 0 spiro atoms. The van der Waals surface area contributed by atoms with Gasteiger partial charge in [0.2, 0.25) is 0 Å². The highest BCUT2D eigenvalue weighted by Gasteiger charge is 2.44. The van der Waals surface area contributed by atoms with Gasteiger partial charge in [-0.05, 0) is 39.9 Å². The van der Waals surface area contributed by atoms with Crippen LogP contribution in [0.15, 0.2) is 158 Å². The average molecular weight is 508 g/mol. The summed E-state index contributed by atoms with van der Waals surface area (Å²) >= 11 is 0. The van der Waals surface area contributed by atoms with Crippen molar-refractivity contribution >= 4 is 0 Å². The zero-order valence-corrected chi connectivity index (χ0v) is 21.5. The number of benzene rings is 4. The Morgan fingerprint density at radius 2 is 1.00 bits per heavy atom. The SMILES string of the molecule is OC(Cc1ccccc1)(c1ccncc1)c1cncn1C(c1ccccc1)(c1ccccc1)c1ccccc1. The van der Waals surface area contributed by atoms with Crippen LogP contribution >= 0.6 is 0 Å². The van der Waals surface area contributed by atoms with E-state index < -0.39 is 11.1 Å². The van der Waals surface area contributed by atoms with Crippen LogP contribution in [0, 0.1) is 0 Å². The van der Waals surface area contributed by atoms with Gasteiger partial charge in [0.15, 0.2) is 0 Å². The highest BCUT2D eigenvalue weighted by molar-refractivity contribution is 5.52. The van der Waals surface area contributed by atoms with Gasteiger partial charge in [-0.1, -0.05) is 121 Å². The molecule has 0 saturated carbocycles. The summed E-state index contributed by atoms with van der Waals surface area (Å²) in [5.41, 5.74) is 3.49. The summed E-state index contributed by atoms with van der Waals surface area (Å²) in [5, 5.41) is 12.8. The molecular weight excluding hydrogens is 478 g/mol. The van der Waals surface area contributed by atoms with E-state index in [9.17, 15) is 5.11 Å². The summed E-state index contributed by atoms with van der Waals surface area (Å²) in [6.07, 6.45) is 7.47. The molecule has 2 heterocycles. The van der Waals surface area contributed by atoms with E-state index in [1.54, 1.807) is 18.6 Å². The second-order valence-corrected chi connectivity index (χ2v) is 9.72. The molecule has 1 N–H and O–H groups in total. The van der Waals surface area contributed by atoms with E-state index in [0.29, 0.717) is 12.1 Å². The zero-order chi connectivity index (χ0) is 26.5. The van der Waals surface area contributed by atoms with E-state index in [1.165, 1.54) is 0 Å². The third-order valence-corrected chi connectivity index (χ3v) is 7.46. The van der Waals surface area contributed by atoms with Crippen molar-refractivity contribution in [2.24, 2.45) is 0 Å². The summed E-state index contributed by atoms with van der Waals surface area (Å²) < 4.78 is 2.15. The lowest BCUT2D eigenvalue weighted by Gasteiger charge is -2.41. The molecule has 4 nitrogen and oxygen atoms in total. The number of pyridine rings is 1. The van der Waals surface area contributed by atoms with Crippen LogP contribution < -0.4 is 0 Å². The fourth-order valence-electron chi connectivity index (χ4n) is 5.68. The minimum Gasteiger partial charge on any atom is -0.378 e. The third kappa shape index (κ3) is 4.35. The minimum atomic E-state index is -1.38. The summed E-state index contributed by atoms with van der Waals surface area (Å²) in [4.78, 5) is 8.91. The van der Waals surface area contributed by atoms with E-state index in [0.717, 1.165) is 27.8 Å². The molecule has 39 heavy (non-hydrogen) atoms. The van der Waals surface area contributed by atoms with E-state index in [4.69, 9.17) is 0 Å². The zero-order valence-electron chi connectivity index (χ0n) is 21.5. The minimum absolute atomic E-state index is 0.373. The maximum Gasteiger partial charge on any atom is 0.135 e. The Kier molecular flexibility index (Phi) is 6.62. The average Bonchev–Trinajstić information content (AvgIpc) is 3.51. The predicted molar refractivity (Wildman–Crippen MR) is 154 cm³/mol. The van der Waals surface area contributed by atoms with Crippen LogP contribution in [0.5, 0.6) is 0 Å². The monoisotopic (exact) mass is 507 g/mol. The Hall–Kier alpha value is -4.80. The van der Waals surface area contributed by atoms with Crippen LogP contribution in [0.4, 0.5) is 0 Å². The molecule has 2 aromatic heterocycles. The van der Waals surface area contributed by atoms with Crippen LogP contribution in [0.25, 0.3) is 0 Å². The van der Waals surface area contributed by atoms with Gasteiger partial charge in [0.25, 0.3) is 0 Å². The van der Waals surface area contributed by atoms with Crippen LogP contribution in [0.2, 0.25) is 0 Å². The van der Waals surface area contributed by atoms with Gasteiger partial charge in [-0.15, -0.1) is 0 Å². The lowest BCUT2D eigenvalue weighted by atomic mass is 9.75. The normalized spacial score (nSPS) is 13.1. The number of aromatic nitrogens is 3. The lowest BCUT2D eigenvalue weighted by molar-refractivity contribution is 0.0700. The number of aliphatic hydroxyl groups is 1. The first-order valence-electron chi connectivity index (χ1n) is 13.1. The molecule has 0 radical (unpaired) electrons. The molecule has 6 rings (SSSR count). The molecule has 0 aliphatic rings. The van der Waals surface area contributed by atoms with E-state index in [-0.39, 0.29) is 0 Å². The molecule has 0 aliphatic carbocycles. The smallest absolute Gasteiger partial charge is 0.135 e. The second kappa shape index (κ2) is 10.5. The van der Waals surface area contributed by atoms with E-state index in [1.807, 2.05) is 67.0 Å². The molecule has 0 amide bonds. The Morgan fingerprint density at radius 3 is 1.49 bits per heavy atom. The molecule has 0 bridgehead atoms. The second-order valence-electron chi connectivity index (χ2n) is 9.72. The molecule has 0 saturated heterocycles. The molecule has 0 fully saturated rings. The Morgan fingerprint density at radius 1 is 0.538 bits per heavy atom. The van der Waals surface area contributed by atoms with Crippen LogP contribution in [0.3, 0.4) is 0 Å². The van der Waals surface area contributed by atoms with E-state index >= 15 is 0 Å². The Labute approximate surface area is 228 Å². The fraction of sp³-hybridized carbons (Fsp3) is 0.0857. The highest BCUT2D eigenvalue weighted by atomic mass is 16.3. The van der Waals surface area contributed by atoms with Crippen LogP contribution in [-0.2, 0) is 17.6 Å². The van der Waals surface area contributed by atoms with Gasteiger partial charge in [0.1, 0.15) is 11.1 Å². The summed E-state index contributed by atoms with van der Waals surface area (Å²) in [6.45, 7) is 0. The van der Waals surface area contributed by atoms with Gasteiger partial charge in [-0.25, -0.2) is 4.98 Å². The standard InChI is InChI=1S/C35H29N3O/c39-34(29-21-23-36-24-22-29,25-28-13-5-1-6-14-28)33-26-37-27-38(33)35(30-15-7-2-8-16-30,31-17-9-3-10-18-31)32-19-11-4-12-20-32/h1-24,26-27,39H,25H2.